The van der Waals surface area contributed by atoms with E-state index in [9.17, 15) is 0 Å². The van der Waals surface area contributed by atoms with Crippen molar-refractivity contribution in [1.29, 1.82) is 0 Å². The van der Waals surface area contributed by atoms with Crippen LogP contribution in [0.1, 0.15) is 45.7 Å². The van der Waals surface area contributed by atoms with E-state index in [1.165, 1.54) is 17.7 Å². The molecule has 2 heteroatoms. The number of benzene rings is 1. The molecule has 0 N–H and O–H groups in total. The van der Waals surface area contributed by atoms with Crippen LogP contribution in [0.3, 0.4) is 0 Å². The first-order valence-corrected chi connectivity index (χ1v) is 7.04. The van der Waals surface area contributed by atoms with Crippen molar-refractivity contribution in [3.8, 4) is 0 Å². The average Bonchev–Trinajstić information content (AvgIpc) is 2.35. The van der Waals surface area contributed by atoms with E-state index in [-0.39, 0.29) is 12.4 Å². The van der Waals surface area contributed by atoms with Gasteiger partial charge in [-0.25, -0.2) is 0 Å². The lowest BCUT2D eigenvalue weighted by Crippen LogP contribution is -3.00. The molecule has 0 atom stereocenters. The Kier molecular flexibility index (Phi) is 7.39. The highest BCUT2D eigenvalue weighted by molar-refractivity contribution is 5.47. The van der Waals surface area contributed by atoms with Gasteiger partial charge in [0.15, 0.2) is 0 Å². The predicted molar refractivity (Wildman–Crippen MR) is 81.3 cm³/mol. The molecule has 1 aromatic rings. The second kappa shape index (κ2) is 7.72. The number of halogens is 1. The molecule has 0 heterocycles. The summed E-state index contributed by atoms with van der Waals surface area (Å²) in [5, 5.41) is 0. The standard InChI is InChI=1S/C17H28N.ClH/c1-7-16-10-9-11-17(12-16)13-18(8-2,14(3)4)15(5)6;/h7,9-12,14-15H,1,8,13H2,2-6H3;1H/q+1;/p-1. The summed E-state index contributed by atoms with van der Waals surface area (Å²) < 4.78 is 1.14. The Hall–Kier alpha value is -0.790. The minimum absolute atomic E-state index is 0. The number of hydrogen-bond acceptors (Lipinski definition) is 0. The number of quaternary nitrogens is 1. The minimum atomic E-state index is 0. The normalized spacial score (nSPS) is 11.5. The Morgan fingerprint density at radius 1 is 1.16 bits per heavy atom. The molecule has 0 aliphatic carbocycles. The molecule has 1 aromatic carbocycles. The lowest BCUT2D eigenvalue weighted by atomic mass is 10.0. The van der Waals surface area contributed by atoms with Crippen LogP contribution in [0.25, 0.3) is 6.08 Å². The maximum Gasteiger partial charge on any atom is 0.105 e. The van der Waals surface area contributed by atoms with Gasteiger partial charge in [-0.15, -0.1) is 0 Å². The lowest BCUT2D eigenvalue weighted by Gasteiger charge is -2.45. The van der Waals surface area contributed by atoms with Gasteiger partial charge in [0.25, 0.3) is 0 Å². The van der Waals surface area contributed by atoms with Gasteiger partial charge in [0, 0.05) is 5.56 Å². The highest BCUT2D eigenvalue weighted by Crippen LogP contribution is 2.24. The molecule has 0 aromatic heterocycles. The van der Waals surface area contributed by atoms with E-state index in [1.54, 1.807) is 0 Å². The largest absolute Gasteiger partial charge is 1.00 e. The third kappa shape index (κ3) is 4.09. The van der Waals surface area contributed by atoms with E-state index in [0.717, 1.165) is 11.0 Å². The summed E-state index contributed by atoms with van der Waals surface area (Å²) in [7, 11) is 0. The Balaban J connectivity index is 0.00000324. The number of nitrogens with zero attached hydrogens (tertiary/aromatic N) is 1. The van der Waals surface area contributed by atoms with Gasteiger partial charge in [0.2, 0.25) is 0 Å². The second-order valence-electron chi connectivity index (χ2n) is 5.71. The number of rotatable bonds is 6. The molecule has 1 nitrogen and oxygen atoms in total. The molecular weight excluding hydrogens is 254 g/mol. The predicted octanol–water partition coefficient (Wildman–Crippen LogP) is 1.49. The van der Waals surface area contributed by atoms with Crippen LogP contribution >= 0.6 is 0 Å². The highest BCUT2D eigenvalue weighted by atomic mass is 35.5. The summed E-state index contributed by atoms with van der Waals surface area (Å²) in [6.07, 6.45) is 1.93. The zero-order valence-electron chi connectivity index (χ0n) is 13.0. The molecule has 108 valence electrons. The van der Waals surface area contributed by atoms with E-state index >= 15 is 0 Å². The first-order valence-electron chi connectivity index (χ1n) is 7.04. The lowest BCUT2D eigenvalue weighted by molar-refractivity contribution is -0.977. The van der Waals surface area contributed by atoms with Crippen LogP contribution in [0.4, 0.5) is 0 Å². The van der Waals surface area contributed by atoms with Crippen molar-refractivity contribution in [3.63, 3.8) is 0 Å². The van der Waals surface area contributed by atoms with Crippen LogP contribution in [0.15, 0.2) is 30.8 Å². The Bertz CT molecular complexity index is 388. The third-order valence-electron chi connectivity index (χ3n) is 4.31. The maximum absolute atomic E-state index is 3.85. The number of hydrogen-bond donors (Lipinski definition) is 0. The zero-order valence-corrected chi connectivity index (χ0v) is 13.7. The molecule has 0 saturated heterocycles. The molecule has 0 bridgehead atoms. The molecule has 0 amide bonds. The van der Waals surface area contributed by atoms with Crippen molar-refractivity contribution < 1.29 is 16.9 Å². The zero-order chi connectivity index (χ0) is 13.8. The van der Waals surface area contributed by atoms with Crippen LogP contribution in [0, 0.1) is 0 Å². The van der Waals surface area contributed by atoms with Crippen molar-refractivity contribution in [2.45, 2.75) is 53.2 Å². The molecule has 0 aliphatic heterocycles. The van der Waals surface area contributed by atoms with Gasteiger partial charge in [0.1, 0.15) is 6.54 Å². The van der Waals surface area contributed by atoms with Gasteiger partial charge in [-0.2, -0.15) is 0 Å². The fraction of sp³-hybridized carbons (Fsp3) is 0.529. The van der Waals surface area contributed by atoms with Crippen molar-refractivity contribution in [3.05, 3.63) is 42.0 Å². The molecular formula is C17H28ClN. The fourth-order valence-corrected chi connectivity index (χ4v) is 2.96. The van der Waals surface area contributed by atoms with Crippen molar-refractivity contribution >= 4 is 6.08 Å². The van der Waals surface area contributed by atoms with Gasteiger partial charge in [-0.1, -0.05) is 30.9 Å². The summed E-state index contributed by atoms with van der Waals surface area (Å²) >= 11 is 0. The first-order chi connectivity index (χ1) is 8.46. The van der Waals surface area contributed by atoms with Gasteiger partial charge in [-0.05, 0) is 46.2 Å². The van der Waals surface area contributed by atoms with Gasteiger partial charge < -0.3 is 16.9 Å². The summed E-state index contributed by atoms with van der Waals surface area (Å²) in [5.41, 5.74) is 2.63. The van der Waals surface area contributed by atoms with Crippen molar-refractivity contribution in [2.75, 3.05) is 6.54 Å². The van der Waals surface area contributed by atoms with E-state index in [0.29, 0.717) is 12.1 Å². The average molecular weight is 282 g/mol. The maximum atomic E-state index is 3.85. The third-order valence-corrected chi connectivity index (χ3v) is 4.31. The molecule has 1 rings (SSSR count). The molecule has 19 heavy (non-hydrogen) atoms. The van der Waals surface area contributed by atoms with Crippen molar-refractivity contribution in [1.82, 2.24) is 0 Å². The Morgan fingerprint density at radius 3 is 2.16 bits per heavy atom. The van der Waals surface area contributed by atoms with Crippen LogP contribution in [-0.2, 0) is 6.54 Å². The highest BCUT2D eigenvalue weighted by Gasteiger charge is 2.32. The Morgan fingerprint density at radius 2 is 1.74 bits per heavy atom. The molecule has 0 unspecified atom stereocenters. The van der Waals surface area contributed by atoms with Gasteiger partial charge >= 0.3 is 0 Å². The molecule has 0 radical (unpaired) electrons. The van der Waals surface area contributed by atoms with E-state index in [4.69, 9.17) is 0 Å². The first kappa shape index (κ1) is 18.2. The second-order valence-corrected chi connectivity index (χ2v) is 5.71. The van der Waals surface area contributed by atoms with Gasteiger partial charge in [-0.3, -0.25) is 0 Å². The summed E-state index contributed by atoms with van der Waals surface area (Å²) in [6, 6.07) is 10.0. The SMILES string of the molecule is C=Cc1cccc(C[N+](CC)(C(C)C)C(C)C)c1.[Cl-]. The van der Waals surface area contributed by atoms with Crippen LogP contribution in [0.2, 0.25) is 0 Å². The summed E-state index contributed by atoms with van der Waals surface area (Å²) in [4.78, 5) is 0. The monoisotopic (exact) mass is 281 g/mol. The fourth-order valence-electron chi connectivity index (χ4n) is 2.96. The van der Waals surface area contributed by atoms with Crippen LogP contribution in [0.5, 0.6) is 0 Å². The minimum Gasteiger partial charge on any atom is -1.00 e. The molecule has 0 fully saturated rings. The van der Waals surface area contributed by atoms with Crippen LogP contribution in [-0.4, -0.2) is 23.1 Å². The van der Waals surface area contributed by atoms with E-state index in [1.807, 2.05) is 6.08 Å². The molecule has 0 aliphatic rings. The van der Waals surface area contributed by atoms with E-state index in [2.05, 4.69) is 65.5 Å². The quantitative estimate of drug-likeness (QED) is 0.693. The van der Waals surface area contributed by atoms with Crippen LogP contribution < -0.4 is 12.4 Å². The van der Waals surface area contributed by atoms with Crippen molar-refractivity contribution in [2.24, 2.45) is 0 Å². The topological polar surface area (TPSA) is 0 Å². The summed E-state index contributed by atoms with van der Waals surface area (Å²) in [5.74, 6) is 0. The van der Waals surface area contributed by atoms with E-state index < -0.39 is 0 Å². The van der Waals surface area contributed by atoms with Gasteiger partial charge in [0.05, 0.1) is 18.6 Å². The molecule has 0 spiro atoms. The summed E-state index contributed by atoms with van der Waals surface area (Å²) in [6.45, 7) is 17.8. The smallest absolute Gasteiger partial charge is 0.105 e. The Labute approximate surface area is 125 Å². The molecule has 0 saturated carbocycles.